The molecule has 5 nitrogen and oxygen atoms in total. The minimum atomic E-state index is -0.0503. The number of benzene rings is 2. The third-order valence-corrected chi connectivity index (χ3v) is 7.81. The molecular weight excluding hydrogens is 442 g/mol. The maximum atomic E-state index is 13.7. The van der Waals surface area contributed by atoms with Crippen LogP contribution < -0.4 is 0 Å². The molecule has 1 aliphatic rings. The highest BCUT2D eigenvalue weighted by Gasteiger charge is 2.32. The van der Waals surface area contributed by atoms with Crippen LogP contribution in [-0.2, 0) is 6.54 Å². The van der Waals surface area contributed by atoms with Crippen molar-refractivity contribution in [3.63, 3.8) is 0 Å². The number of hydrogen-bond acceptors (Lipinski definition) is 3. The first kappa shape index (κ1) is 22.4. The van der Waals surface area contributed by atoms with Gasteiger partial charge in [-0.25, -0.2) is 0 Å². The first-order chi connectivity index (χ1) is 16.4. The van der Waals surface area contributed by atoms with Crippen LogP contribution in [0.15, 0.2) is 66.0 Å². The van der Waals surface area contributed by atoms with Crippen LogP contribution >= 0.6 is 11.3 Å². The van der Waals surface area contributed by atoms with Crippen molar-refractivity contribution in [2.24, 2.45) is 0 Å². The number of aryl methyl sites for hydroxylation is 2. The molecule has 5 rings (SSSR count). The fourth-order valence-corrected chi connectivity index (χ4v) is 5.74. The Kier molecular flexibility index (Phi) is 6.00. The number of fused-ring (bicyclic) bond motifs is 1. The van der Waals surface area contributed by atoms with Crippen molar-refractivity contribution < 1.29 is 9.59 Å². The van der Waals surface area contributed by atoms with E-state index in [0.29, 0.717) is 26.2 Å². The zero-order valence-electron chi connectivity index (χ0n) is 19.8. The minimum Gasteiger partial charge on any atom is -0.334 e. The molecule has 3 heterocycles. The maximum absolute atomic E-state index is 13.7. The fourth-order valence-electron chi connectivity index (χ4n) is 4.84. The first-order valence-electron chi connectivity index (χ1n) is 11.7. The standard InChI is InChI=1S/C28H29N3O2S/c1-19-8-4-6-10-23(19)18-31-25(16-22-12-15-34-28(22)31)27(33)29-13-14-30(21(3)17-29)26(32)24-11-7-5-9-20(24)2/h4-12,15-16,21H,13-14,17-18H2,1-3H3. The van der Waals surface area contributed by atoms with Gasteiger partial charge in [0.1, 0.15) is 10.5 Å². The van der Waals surface area contributed by atoms with Crippen molar-refractivity contribution in [2.45, 2.75) is 33.4 Å². The van der Waals surface area contributed by atoms with E-state index in [9.17, 15) is 9.59 Å². The second-order valence-electron chi connectivity index (χ2n) is 9.14. The van der Waals surface area contributed by atoms with Gasteiger partial charge in [0.25, 0.3) is 11.8 Å². The van der Waals surface area contributed by atoms with Gasteiger partial charge < -0.3 is 14.4 Å². The van der Waals surface area contributed by atoms with Gasteiger partial charge in [-0.15, -0.1) is 11.3 Å². The SMILES string of the molecule is Cc1ccccc1Cn1c(C(=O)N2CCN(C(=O)c3ccccc3C)C(C)C2)cc2ccsc21. The summed E-state index contributed by atoms with van der Waals surface area (Å²) in [4.78, 5) is 31.8. The molecule has 1 saturated heterocycles. The third kappa shape index (κ3) is 4.03. The van der Waals surface area contributed by atoms with Gasteiger partial charge in [0.05, 0.1) is 0 Å². The number of piperazine rings is 1. The molecule has 0 N–H and O–H groups in total. The monoisotopic (exact) mass is 471 g/mol. The van der Waals surface area contributed by atoms with Gasteiger partial charge in [0, 0.05) is 43.2 Å². The van der Waals surface area contributed by atoms with Gasteiger partial charge in [0.2, 0.25) is 0 Å². The Morgan fingerprint density at radius 1 is 0.941 bits per heavy atom. The Morgan fingerprint density at radius 2 is 1.68 bits per heavy atom. The third-order valence-electron chi connectivity index (χ3n) is 6.86. The van der Waals surface area contributed by atoms with Crippen LogP contribution in [0.5, 0.6) is 0 Å². The lowest BCUT2D eigenvalue weighted by Gasteiger charge is -2.40. The number of hydrogen-bond donors (Lipinski definition) is 0. The van der Waals surface area contributed by atoms with Crippen LogP contribution in [0.4, 0.5) is 0 Å². The molecule has 0 radical (unpaired) electrons. The van der Waals surface area contributed by atoms with E-state index in [-0.39, 0.29) is 17.9 Å². The predicted molar refractivity (Wildman–Crippen MR) is 138 cm³/mol. The summed E-state index contributed by atoms with van der Waals surface area (Å²) in [5.41, 5.74) is 4.87. The molecule has 1 fully saturated rings. The predicted octanol–water partition coefficient (Wildman–Crippen LogP) is 5.35. The highest BCUT2D eigenvalue weighted by atomic mass is 32.1. The summed E-state index contributed by atoms with van der Waals surface area (Å²) in [5.74, 6) is 0.0768. The van der Waals surface area contributed by atoms with E-state index in [1.807, 2.05) is 66.1 Å². The molecule has 2 aromatic heterocycles. The van der Waals surface area contributed by atoms with Gasteiger partial charge in [-0.05, 0) is 61.0 Å². The molecule has 1 aliphatic heterocycles. The highest BCUT2D eigenvalue weighted by molar-refractivity contribution is 7.16. The summed E-state index contributed by atoms with van der Waals surface area (Å²) in [5, 5.41) is 3.18. The summed E-state index contributed by atoms with van der Waals surface area (Å²) in [6, 6.07) is 20.1. The molecule has 0 aliphatic carbocycles. The minimum absolute atomic E-state index is 0.0341. The fraction of sp³-hybridized carbons (Fsp3) is 0.286. The van der Waals surface area contributed by atoms with Gasteiger partial charge in [-0.2, -0.15) is 0 Å². The van der Waals surface area contributed by atoms with Crippen LogP contribution in [0, 0.1) is 13.8 Å². The molecule has 1 atom stereocenters. The summed E-state index contributed by atoms with van der Waals surface area (Å²) in [6.45, 7) is 8.36. The van der Waals surface area contributed by atoms with E-state index in [2.05, 4.69) is 35.1 Å². The summed E-state index contributed by atoms with van der Waals surface area (Å²) in [7, 11) is 0. The van der Waals surface area contributed by atoms with Crippen molar-refractivity contribution in [3.05, 3.63) is 94.0 Å². The Hall–Kier alpha value is -3.38. The van der Waals surface area contributed by atoms with Crippen LogP contribution in [0.1, 0.15) is 44.5 Å². The lowest BCUT2D eigenvalue weighted by Crippen LogP contribution is -2.55. The van der Waals surface area contributed by atoms with Crippen molar-refractivity contribution >= 4 is 33.4 Å². The molecule has 2 amide bonds. The average Bonchev–Trinajstić information content (AvgIpc) is 3.42. The second kappa shape index (κ2) is 9.11. The van der Waals surface area contributed by atoms with Crippen LogP contribution in [0.25, 0.3) is 10.2 Å². The van der Waals surface area contributed by atoms with E-state index in [0.717, 1.165) is 27.0 Å². The zero-order valence-corrected chi connectivity index (χ0v) is 20.6. The molecule has 2 aromatic carbocycles. The van der Waals surface area contributed by atoms with Crippen LogP contribution in [0.2, 0.25) is 0 Å². The van der Waals surface area contributed by atoms with Gasteiger partial charge in [-0.1, -0.05) is 42.5 Å². The van der Waals surface area contributed by atoms with E-state index >= 15 is 0 Å². The Labute approximate surface area is 204 Å². The number of carbonyl (C=O) groups excluding carboxylic acids is 2. The molecule has 4 aromatic rings. The van der Waals surface area contributed by atoms with Crippen LogP contribution in [0.3, 0.4) is 0 Å². The lowest BCUT2D eigenvalue weighted by molar-refractivity contribution is 0.0409. The normalized spacial score (nSPS) is 16.3. The quantitative estimate of drug-likeness (QED) is 0.403. The first-order valence-corrected chi connectivity index (χ1v) is 12.6. The number of nitrogens with zero attached hydrogens (tertiary/aromatic N) is 3. The number of thiophene rings is 1. The van der Waals surface area contributed by atoms with E-state index in [4.69, 9.17) is 0 Å². The molecule has 34 heavy (non-hydrogen) atoms. The highest BCUT2D eigenvalue weighted by Crippen LogP contribution is 2.28. The topological polar surface area (TPSA) is 45.6 Å². The summed E-state index contributed by atoms with van der Waals surface area (Å²) >= 11 is 1.67. The lowest BCUT2D eigenvalue weighted by atomic mass is 10.1. The molecule has 0 saturated carbocycles. The smallest absolute Gasteiger partial charge is 0.270 e. The summed E-state index contributed by atoms with van der Waals surface area (Å²) < 4.78 is 2.15. The van der Waals surface area contributed by atoms with Crippen molar-refractivity contribution in [2.75, 3.05) is 19.6 Å². The van der Waals surface area contributed by atoms with Crippen molar-refractivity contribution in [3.8, 4) is 0 Å². The van der Waals surface area contributed by atoms with Crippen molar-refractivity contribution in [1.82, 2.24) is 14.4 Å². The molecule has 0 bridgehead atoms. The average molecular weight is 472 g/mol. The van der Waals surface area contributed by atoms with Crippen LogP contribution in [-0.4, -0.2) is 51.9 Å². The molecule has 1 unspecified atom stereocenters. The molecular formula is C28H29N3O2S. The number of amides is 2. The van der Waals surface area contributed by atoms with Gasteiger partial charge in [0.15, 0.2) is 0 Å². The largest absolute Gasteiger partial charge is 0.334 e. The van der Waals surface area contributed by atoms with Crippen molar-refractivity contribution in [1.29, 1.82) is 0 Å². The number of aromatic nitrogens is 1. The molecule has 6 heteroatoms. The number of rotatable bonds is 4. The Balaban J connectivity index is 1.38. The van der Waals surface area contributed by atoms with Gasteiger partial charge >= 0.3 is 0 Å². The maximum Gasteiger partial charge on any atom is 0.270 e. The van der Waals surface area contributed by atoms with E-state index in [1.54, 1.807) is 11.3 Å². The zero-order chi connectivity index (χ0) is 23.8. The Bertz CT molecular complexity index is 1370. The van der Waals surface area contributed by atoms with Gasteiger partial charge in [-0.3, -0.25) is 9.59 Å². The summed E-state index contributed by atoms with van der Waals surface area (Å²) in [6.07, 6.45) is 0. The number of carbonyl (C=O) groups is 2. The van der Waals surface area contributed by atoms with E-state index in [1.165, 1.54) is 11.1 Å². The second-order valence-corrected chi connectivity index (χ2v) is 10.0. The molecule has 0 spiro atoms. The van der Waals surface area contributed by atoms with E-state index < -0.39 is 0 Å². The molecule has 174 valence electrons. The Morgan fingerprint density at radius 3 is 2.41 bits per heavy atom.